The van der Waals surface area contributed by atoms with Crippen molar-refractivity contribution in [3.63, 3.8) is 0 Å². The molecule has 1 heterocycles. The van der Waals surface area contributed by atoms with Gasteiger partial charge in [0.05, 0.1) is 0 Å². The first-order chi connectivity index (χ1) is 6.84. The third kappa shape index (κ3) is 2.48. The number of anilines is 1. The lowest BCUT2D eigenvalue weighted by molar-refractivity contribution is 0.615. The molecule has 1 saturated heterocycles. The first-order valence-electron chi connectivity index (χ1n) is 5.36. The summed E-state index contributed by atoms with van der Waals surface area (Å²) in [6.07, 6.45) is 1.30. The van der Waals surface area contributed by atoms with E-state index in [0.29, 0.717) is 0 Å². The van der Waals surface area contributed by atoms with Crippen molar-refractivity contribution in [1.82, 2.24) is 5.32 Å². The maximum absolute atomic E-state index is 3.47. The van der Waals surface area contributed by atoms with Crippen LogP contribution in [-0.4, -0.2) is 19.6 Å². The Morgan fingerprint density at radius 1 is 1.36 bits per heavy atom. The molecular formula is C12H18N2. The fraction of sp³-hybridized carbons (Fsp3) is 0.500. The van der Waals surface area contributed by atoms with Gasteiger partial charge >= 0.3 is 0 Å². The Morgan fingerprint density at radius 3 is 2.79 bits per heavy atom. The Hall–Kier alpha value is -1.02. The van der Waals surface area contributed by atoms with Gasteiger partial charge in [0.2, 0.25) is 0 Å². The van der Waals surface area contributed by atoms with E-state index in [1.54, 1.807) is 0 Å². The minimum Gasteiger partial charge on any atom is -0.385 e. The zero-order chi connectivity index (χ0) is 9.80. The first-order valence-corrected chi connectivity index (χ1v) is 5.36. The predicted octanol–water partition coefficient (Wildman–Crippen LogP) is 2.02. The molecule has 2 nitrogen and oxygen atoms in total. The van der Waals surface area contributed by atoms with Crippen LogP contribution in [-0.2, 0) is 0 Å². The topological polar surface area (TPSA) is 24.1 Å². The molecule has 76 valence electrons. The molecule has 0 aromatic heterocycles. The molecule has 0 amide bonds. The monoisotopic (exact) mass is 190 g/mol. The van der Waals surface area contributed by atoms with Crippen LogP contribution < -0.4 is 10.6 Å². The molecule has 2 N–H and O–H groups in total. The van der Waals surface area contributed by atoms with Gasteiger partial charge in [0.25, 0.3) is 0 Å². The number of hydrogen-bond donors (Lipinski definition) is 2. The molecule has 0 radical (unpaired) electrons. The predicted molar refractivity (Wildman–Crippen MR) is 60.6 cm³/mol. The van der Waals surface area contributed by atoms with Crippen LogP contribution in [0.4, 0.5) is 5.69 Å². The summed E-state index contributed by atoms with van der Waals surface area (Å²) in [5, 5.41) is 6.85. The minimum atomic E-state index is 0.802. The van der Waals surface area contributed by atoms with Gasteiger partial charge < -0.3 is 10.6 Å². The number of hydrogen-bond acceptors (Lipinski definition) is 2. The second-order valence-corrected chi connectivity index (χ2v) is 4.11. The van der Waals surface area contributed by atoms with Gasteiger partial charge in [0.1, 0.15) is 0 Å². The lowest BCUT2D eigenvalue weighted by Gasteiger charge is -2.11. The van der Waals surface area contributed by atoms with Crippen molar-refractivity contribution in [2.75, 3.05) is 25.0 Å². The molecular weight excluding hydrogens is 172 g/mol. The van der Waals surface area contributed by atoms with E-state index in [1.165, 1.54) is 30.8 Å². The summed E-state index contributed by atoms with van der Waals surface area (Å²) >= 11 is 0. The fourth-order valence-electron chi connectivity index (χ4n) is 1.82. The molecule has 2 rings (SSSR count). The highest BCUT2D eigenvalue weighted by atomic mass is 14.9. The molecule has 0 aliphatic carbocycles. The maximum atomic E-state index is 3.47. The summed E-state index contributed by atoms with van der Waals surface area (Å²) in [5.41, 5.74) is 2.56. The summed E-state index contributed by atoms with van der Waals surface area (Å²) < 4.78 is 0. The van der Waals surface area contributed by atoms with Crippen molar-refractivity contribution in [3.05, 3.63) is 29.8 Å². The molecule has 1 aliphatic heterocycles. The Bertz CT molecular complexity index is 273. The van der Waals surface area contributed by atoms with E-state index in [9.17, 15) is 0 Å². The third-order valence-corrected chi connectivity index (χ3v) is 2.81. The quantitative estimate of drug-likeness (QED) is 0.762. The van der Waals surface area contributed by atoms with Crippen molar-refractivity contribution in [1.29, 1.82) is 0 Å². The SMILES string of the molecule is Cc1ccc(NCC2CCNC2)cc1. The van der Waals surface area contributed by atoms with Crippen LogP contribution >= 0.6 is 0 Å². The smallest absolute Gasteiger partial charge is 0.0340 e. The van der Waals surface area contributed by atoms with Crippen LogP contribution in [0.15, 0.2) is 24.3 Å². The standard InChI is InChI=1S/C12H18N2/c1-10-2-4-12(5-3-10)14-9-11-6-7-13-8-11/h2-5,11,13-14H,6-9H2,1H3. The van der Waals surface area contributed by atoms with Gasteiger partial charge in [0.15, 0.2) is 0 Å². The van der Waals surface area contributed by atoms with Crippen LogP contribution in [0.2, 0.25) is 0 Å². The van der Waals surface area contributed by atoms with Crippen molar-refractivity contribution < 1.29 is 0 Å². The van der Waals surface area contributed by atoms with Gasteiger partial charge in [-0.1, -0.05) is 17.7 Å². The van der Waals surface area contributed by atoms with Crippen molar-refractivity contribution in [2.45, 2.75) is 13.3 Å². The average molecular weight is 190 g/mol. The molecule has 14 heavy (non-hydrogen) atoms. The van der Waals surface area contributed by atoms with Crippen LogP contribution in [0.1, 0.15) is 12.0 Å². The summed E-state index contributed by atoms with van der Waals surface area (Å²) in [4.78, 5) is 0. The summed E-state index contributed by atoms with van der Waals surface area (Å²) in [7, 11) is 0. The molecule has 1 aromatic carbocycles. The van der Waals surface area contributed by atoms with Crippen LogP contribution in [0, 0.1) is 12.8 Å². The van der Waals surface area contributed by atoms with Gasteiger partial charge in [-0.3, -0.25) is 0 Å². The normalized spacial score (nSPS) is 21.1. The maximum Gasteiger partial charge on any atom is 0.0340 e. The van der Waals surface area contributed by atoms with Gasteiger partial charge in [-0.2, -0.15) is 0 Å². The summed E-state index contributed by atoms with van der Waals surface area (Å²) in [6.45, 7) is 5.56. The molecule has 1 atom stereocenters. The van der Waals surface area contributed by atoms with E-state index in [-0.39, 0.29) is 0 Å². The Balaban J connectivity index is 1.82. The zero-order valence-corrected chi connectivity index (χ0v) is 8.72. The van der Waals surface area contributed by atoms with E-state index in [2.05, 4.69) is 41.8 Å². The van der Waals surface area contributed by atoms with E-state index in [1.807, 2.05) is 0 Å². The van der Waals surface area contributed by atoms with Crippen LogP contribution in [0.5, 0.6) is 0 Å². The largest absolute Gasteiger partial charge is 0.385 e. The van der Waals surface area contributed by atoms with Gasteiger partial charge in [-0.05, 0) is 44.5 Å². The molecule has 0 spiro atoms. The highest BCUT2D eigenvalue weighted by Gasteiger charge is 2.13. The highest BCUT2D eigenvalue weighted by molar-refractivity contribution is 5.44. The van der Waals surface area contributed by atoms with Crippen molar-refractivity contribution in [3.8, 4) is 0 Å². The lowest BCUT2D eigenvalue weighted by atomic mass is 10.1. The molecule has 1 aliphatic rings. The number of rotatable bonds is 3. The molecule has 0 bridgehead atoms. The second-order valence-electron chi connectivity index (χ2n) is 4.11. The highest BCUT2D eigenvalue weighted by Crippen LogP contribution is 2.12. The van der Waals surface area contributed by atoms with Crippen LogP contribution in [0.3, 0.4) is 0 Å². The summed E-state index contributed by atoms with van der Waals surface area (Å²) in [6, 6.07) is 8.60. The number of aryl methyl sites for hydroxylation is 1. The third-order valence-electron chi connectivity index (χ3n) is 2.81. The fourth-order valence-corrected chi connectivity index (χ4v) is 1.82. The molecule has 0 saturated carbocycles. The van der Waals surface area contributed by atoms with Crippen LogP contribution in [0.25, 0.3) is 0 Å². The van der Waals surface area contributed by atoms with Gasteiger partial charge in [-0.25, -0.2) is 0 Å². The molecule has 1 unspecified atom stereocenters. The van der Waals surface area contributed by atoms with Crippen molar-refractivity contribution in [2.24, 2.45) is 5.92 Å². The van der Waals surface area contributed by atoms with Gasteiger partial charge in [-0.15, -0.1) is 0 Å². The Kier molecular flexibility index (Phi) is 3.04. The molecule has 1 aromatic rings. The Labute approximate surface area is 85.7 Å². The van der Waals surface area contributed by atoms with E-state index in [0.717, 1.165) is 12.5 Å². The summed E-state index contributed by atoms with van der Waals surface area (Å²) in [5.74, 6) is 0.802. The van der Waals surface area contributed by atoms with E-state index >= 15 is 0 Å². The average Bonchev–Trinajstić information content (AvgIpc) is 2.70. The molecule has 1 fully saturated rings. The van der Waals surface area contributed by atoms with E-state index in [4.69, 9.17) is 0 Å². The lowest BCUT2D eigenvalue weighted by Crippen LogP contribution is -2.17. The number of benzene rings is 1. The Morgan fingerprint density at radius 2 is 2.14 bits per heavy atom. The van der Waals surface area contributed by atoms with Crippen molar-refractivity contribution >= 4 is 5.69 Å². The van der Waals surface area contributed by atoms with Gasteiger partial charge in [0, 0.05) is 12.2 Å². The zero-order valence-electron chi connectivity index (χ0n) is 8.72. The van der Waals surface area contributed by atoms with E-state index < -0.39 is 0 Å². The molecule has 2 heteroatoms. The first kappa shape index (κ1) is 9.53. The second kappa shape index (κ2) is 4.47. The number of nitrogens with one attached hydrogen (secondary N) is 2. The minimum absolute atomic E-state index is 0.802.